The average molecular weight is 436 g/mol. The summed E-state index contributed by atoms with van der Waals surface area (Å²) in [4.78, 5) is 17.0. The number of rotatable bonds is 7. The number of fused-ring (bicyclic) bond motifs is 1. The second-order valence-electron chi connectivity index (χ2n) is 6.94. The van der Waals surface area contributed by atoms with Crippen molar-refractivity contribution in [1.29, 1.82) is 0 Å². The first-order chi connectivity index (χ1) is 15.5. The van der Waals surface area contributed by atoms with E-state index in [9.17, 15) is 9.18 Å². The van der Waals surface area contributed by atoms with Crippen molar-refractivity contribution in [2.45, 2.75) is 6.42 Å². The van der Waals surface area contributed by atoms with Gasteiger partial charge in [-0.3, -0.25) is 4.79 Å². The van der Waals surface area contributed by atoms with Crippen LogP contribution in [-0.2, 0) is 11.2 Å². The van der Waals surface area contributed by atoms with Gasteiger partial charge in [-0.2, -0.15) is 0 Å². The molecule has 0 aliphatic heterocycles. The van der Waals surface area contributed by atoms with Crippen molar-refractivity contribution in [2.75, 3.05) is 26.6 Å². The summed E-state index contributed by atoms with van der Waals surface area (Å²) in [6, 6.07) is 14.8. The lowest BCUT2D eigenvalue weighted by molar-refractivity contribution is -0.115. The predicted molar refractivity (Wildman–Crippen MR) is 118 cm³/mol. The van der Waals surface area contributed by atoms with E-state index >= 15 is 0 Å². The monoisotopic (exact) mass is 436 g/mol. The first kappa shape index (κ1) is 21.2. The van der Waals surface area contributed by atoms with E-state index in [4.69, 9.17) is 18.6 Å². The molecule has 164 valence electrons. The molecule has 0 saturated carbocycles. The Labute approximate surface area is 183 Å². The van der Waals surface area contributed by atoms with Gasteiger partial charge in [0.15, 0.2) is 17.1 Å². The van der Waals surface area contributed by atoms with Gasteiger partial charge in [-0.25, -0.2) is 9.37 Å². The summed E-state index contributed by atoms with van der Waals surface area (Å²) in [7, 11) is 4.55. The van der Waals surface area contributed by atoms with Gasteiger partial charge in [0.1, 0.15) is 11.3 Å². The highest BCUT2D eigenvalue weighted by Gasteiger charge is 2.16. The van der Waals surface area contributed by atoms with Crippen LogP contribution in [0.25, 0.3) is 22.6 Å². The zero-order valence-electron chi connectivity index (χ0n) is 17.8. The minimum absolute atomic E-state index is 0.0913. The van der Waals surface area contributed by atoms with Crippen LogP contribution >= 0.6 is 0 Å². The molecule has 0 saturated heterocycles. The van der Waals surface area contributed by atoms with Gasteiger partial charge in [0.25, 0.3) is 0 Å². The van der Waals surface area contributed by atoms with Crippen LogP contribution in [0.1, 0.15) is 5.56 Å². The largest absolute Gasteiger partial charge is 0.493 e. The Morgan fingerprint density at radius 2 is 1.72 bits per heavy atom. The van der Waals surface area contributed by atoms with Crippen LogP contribution in [0.15, 0.2) is 59.0 Å². The smallest absolute Gasteiger partial charge is 0.230 e. The second-order valence-corrected chi connectivity index (χ2v) is 6.94. The summed E-state index contributed by atoms with van der Waals surface area (Å²) in [5, 5.41) is 2.84. The van der Waals surface area contributed by atoms with E-state index < -0.39 is 5.82 Å². The Morgan fingerprint density at radius 3 is 2.38 bits per heavy atom. The lowest BCUT2D eigenvalue weighted by atomic mass is 10.1. The molecule has 0 aliphatic carbocycles. The zero-order valence-corrected chi connectivity index (χ0v) is 17.8. The maximum absolute atomic E-state index is 14.0. The van der Waals surface area contributed by atoms with Crippen LogP contribution in [0.5, 0.6) is 17.2 Å². The van der Waals surface area contributed by atoms with Gasteiger partial charge in [0.2, 0.25) is 17.5 Å². The summed E-state index contributed by atoms with van der Waals surface area (Å²) >= 11 is 0. The molecule has 1 heterocycles. The molecule has 0 radical (unpaired) electrons. The van der Waals surface area contributed by atoms with Crippen molar-refractivity contribution in [2.24, 2.45) is 0 Å². The minimum Gasteiger partial charge on any atom is -0.493 e. The molecular formula is C24H21FN2O5. The third-order valence-corrected chi connectivity index (χ3v) is 4.86. The number of nitrogens with one attached hydrogen (secondary N) is 1. The quantitative estimate of drug-likeness (QED) is 0.446. The Balaban J connectivity index is 1.53. The molecule has 0 atom stereocenters. The van der Waals surface area contributed by atoms with Crippen LogP contribution in [0.4, 0.5) is 10.1 Å². The fourth-order valence-corrected chi connectivity index (χ4v) is 3.38. The third kappa shape index (κ3) is 4.20. The van der Waals surface area contributed by atoms with E-state index in [0.29, 0.717) is 39.6 Å². The number of amides is 1. The molecule has 4 aromatic rings. The maximum atomic E-state index is 14.0. The molecule has 4 rings (SSSR count). The van der Waals surface area contributed by atoms with Crippen molar-refractivity contribution in [3.8, 4) is 28.7 Å². The molecule has 0 unspecified atom stereocenters. The van der Waals surface area contributed by atoms with E-state index in [1.807, 2.05) is 0 Å². The molecule has 0 bridgehead atoms. The minimum atomic E-state index is -0.419. The molecule has 3 aromatic carbocycles. The molecule has 1 aromatic heterocycles. The number of carbonyl (C=O) groups excluding carboxylic acids is 1. The van der Waals surface area contributed by atoms with E-state index in [-0.39, 0.29) is 23.8 Å². The number of carbonyl (C=O) groups is 1. The summed E-state index contributed by atoms with van der Waals surface area (Å²) in [5.41, 5.74) is 2.51. The van der Waals surface area contributed by atoms with Crippen LogP contribution in [0.3, 0.4) is 0 Å². The maximum Gasteiger partial charge on any atom is 0.230 e. The topological polar surface area (TPSA) is 82.8 Å². The summed E-state index contributed by atoms with van der Waals surface area (Å²) in [6.07, 6.45) is 0.0913. The van der Waals surface area contributed by atoms with Gasteiger partial charge in [-0.1, -0.05) is 12.1 Å². The van der Waals surface area contributed by atoms with Gasteiger partial charge in [-0.15, -0.1) is 0 Å². The van der Waals surface area contributed by atoms with Crippen molar-refractivity contribution >= 4 is 22.7 Å². The van der Waals surface area contributed by atoms with Crippen molar-refractivity contribution in [3.63, 3.8) is 0 Å². The van der Waals surface area contributed by atoms with Gasteiger partial charge < -0.3 is 23.9 Å². The average Bonchev–Trinajstić information content (AvgIpc) is 3.21. The second kappa shape index (κ2) is 8.97. The Kier molecular flexibility index (Phi) is 5.93. The van der Waals surface area contributed by atoms with Crippen LogP contribution < -0.4 is 19.5 Å². The number of benzene rings is 3. The molecule has 0 spiro atoms. The highest BCUT2D eigenvalue weighted by atomic mass is 19.1. The van der Waals surface area contributed by atoms with Crippen molar-refractivity contribution in [1.82, 2.24) is 4.98 Å². The molecule has 1 amide bonds. The first-order valence-corrected chi connectivity index (χ1v) is 9.76. The van der Waals surface area contributed by atoms with E-state index in [1.54, 1.807) is 48.5 Å². The van der Waals surface area contributed by atoms with E-state index in [0.717, 1.165) is 0 Å². The number of hydrogen-bond donors (Lipinski definition) is 1. The van der Waals surface area contributed by atoms with E-state index in [2.05, 4.69) is 10.3 Å². The number of ether oxygens (including phenoxy) is 3. The van der Waals surface area contributed by atoms with Gasteiger partial charge in [-0.05, 0) is 48.0 Å². The molecule has 7 nitrogen and oxygen atoms in total. The van der Waals surface area contributed by atoms with E-state index in [1.165, 1.54) is 27.4 Å². The Hall–Kier alpha value is -4.07. The fraction of sp³-hybridized carbons (Fsp3) is 0.167. The standard InChI is InChI=1S/C24H21FN2O5/c1-29-20-10-14(11-21(30-2)23(20)31-3)12-22(28)26-15-8-9-19-18(13-15)27-24(32-19)16-6-4-5-7-17(16)25/h4-11,13H,12H2,1-3H3,(H,26,28). The zero-order chi connectivity index (χ0) is 22.7. The number of halogens is 1. The highest BCUT2D eigenvalue weighted by Crippen LogP contribution is 2.38. The molecule has 32 heavy (non-hydrogen) atoms. The van der Waals surface area contributed by atoms with Crippen LogP contribution in [0.2, 0.25) is 0 Å². The van der Waals surface area contributed by atoms with Gasteiger partial charge >= 0.3 is 0 Å². The lowest BCUT2D eigenvalue weighted by Gasteiger charge is -2.14. The van der Waals surface area contributed by atoms with Gasteiger partial charge in [0.05, 0.1) is 33.3 Å². The number of oxazole rings is 1. The van der Waals surface area contributed by atoms with Crippen molar-refractivity contribution in [3.05, 3.63) is 66.0 Å². The van der Waals surface area contributed by atoms with Crippen LogP contribution in [0, 0.1) is 5.82 Å². The number of nitrogens with zero attached hydrogens (tertiary/aromatic N) is 1. The number of aromatic nitrogens is 1. The molecule has 8 heteroatoms. The van der Waals surface area contributed by atoms with Gasteiger partial charge in [0, 0.05) is 5.69 Å². The Bertz CT molecular complexity index is 1260. The third-order valence-electron chi connectivity index (χ3n) is 4.86. The number of methoxy groups -OCH3 is 3. The summed E-state index contributed by atoms with van der Waals surface area (Å²) < 4.78 is 35.7. The summed E-state index contributed by atoms with van der Waals surface area (Å²) in [6.45, 7) is 0. The van der Waals surface area contributed by atoms with Crippen molar-refractivity contribution < 1.29 is 27.8 Å². The number of anilines is 1. The number of hydrogen-bond acceptors (Lipinski definition) is 6. The fourth-order valence-electron chi connectivity index (χ4n) is 3.38. The Morgan fingerprint density at radius 1 is 1.00 bits per heavy atom. The lowest BCUT2D eigenvalue weighted by Crippen LogP contribution is -2.14. The molecule has 0 fully saturated rings. The molecular weight excluding hydrogens is 415 g/mol. The predicted octanol–water partition coefficient (Wildman–Crippen LogP) is 4.84. The normalized spacial score (nSPS) is 10.8. The SMILES string of the molecule is COc1cc(CC(=O)Nc2ccc3oc(-c4ccccc4F)nc3c2)cc(OC)c1OC. The molecule has 0 aliphatic rings. The highest BCUT2D eigenvalue weighted by molar-refractivity contribution is 5.94. The van der Waals surface area contributed by atoms with Crippen LogP contribution in [-0.4, -0.2) is 32.2 Å². The summed E-state index contributed by atoms with van der Waals surface area (Å²) in [5.74, 6) is 0.924. The first-order valence-electron chi connectivity index (χ1n) is 9.76. The molecule has 1 N–H and O–H groups in total.